The van der Waals surface area contributed by atoms with Crippen LogP contribution in [0.2, 0.25) is 0 Å². The number of ketones is 1. The minimum absolute atomic E-state index is 0.000886. The van der Waals surface area contributed by atoms with Crippen molar-refractivity contribution in [2.75, 3.05) is 0 Å². The summed E-state index contributed by atoms with van der Waals surface area (Å²) in [5, 5.41) is 11.0. The normalized spacial score (nSPS) is 14.2. The lowest BCUT2D eigenvalue weighted by Gasteiger charge is -2.28. The molecule has 0 bridgehead atoms. The molecular weight excluding hydrogens is 517 g/mol. The average Bonchev–Trinajstić information content (AvgIpc) is 3.23. The average molecular weight is 562 g/mol. The number of esters is 1. The largest absolute Gasteiger partial charge is 0.507 e. The summed E-state index contributed by atoms with van der Waals surface area (Å²) < 4.78 is 26.6. The third-order valence-electron chi connectivity index (χ3n) is 6.80. The number of amides is 1. The van der Waals surface area contributed by atoms with Gasteiger partial charge in [0, 0.05) is 36.0 Å². The summed E-state index contributed by atoms with van der Waals surface area (Å²) in [6.07, 6.45) is 0.230. The number of aromatic nitrogens is 2. The van der Waals surface area contributed by atoms with Gasteiger partial charge in [0.1, 0.15) is 11.9 Å². The first-order valence-electron chi connectivity index (χ1n) is 13.7. The number of aromatic amines is 1. The van der Waals surface area contributed by atoms with Crippen LogP contribution in [-0.4, -0.2) is 45.0 Å². The highest BCUT2D eigenvalue weighted by atomic mass is 19.1. The number of phenols is 1. The Morgan fingerprint density at radius 2 is 1.57 bits per heavy atom. The van der Waals surface area contributed by atoms with Gasteiger partial charge in [-0.2, -0.15) is 0 Å². The third kappa shape index (κ3) is 8.79. The lowest BCUT2D eigenvalue weighted by atomic mass is 9.78. The van der Waals surface area contributed by atoms with E-state index in [1.165, 1.54) is 10.8 Å². The van der Waals surface area contributed by atoms with Gasteiger partial charge in [0.25, 0.3) is 6.29 Å². The van der Waals surface area contributed by atoms with Gasteiger partial charge in [-0.3, -0.25) is 9.59 Å². The predicted molar refractivity (Wildman–Crippen MR) is 150 cm³/mol. The zero-order chi connectivity index (χ0) is 30.4. The molecule has 2 unspecified atom stereocenters. The Balaban J connectivity index is 2.33. The number of benzene rings is 1. The maximum atomic E-state index is 14.7. The van der Waals surface area contributed by atoms with E-state index in [-0.39, 0.29) is 29.4 Å². The molecule has 2 atom stereocenters. The van der Waals surface area contributed by atoms with Crippen LogP contribution >= 0.6 is 0 Å². The topological polar surface area (TPSA) is 123 Å². The van der Waals surface area contributed by atoms with Crippen LogP contribution < -0.4 is 5.62 Å². The zero-order valence-corrected chi connectivity index (χ0v) is 25.1. The quantitative estimate of drug-likeness (QED) is 0.206. The Labute approximate surface area is 235 Å². The first-order valence-corrected chi connectivity index (χ1v) is 13.7. The first-order chi connectivity index (χ1) is 18.5. The fourth-order valence-electron chi connectivity index (χ4n) is 4.46. The van der Waals surface area contributed by atoms with Crippen molar-refractivity contribution in [3.63, 3.8) is 0 Å². The maximum Gasteiger partial charge on any atom is 0.439 e. The van der Waals surface area contributed by atoms with Crippen molar-refractivity contribution in [2.24, 2.45) is 10.9 Å². The van der Waals surface area contributed by atoms with Crippen LogP contribution in [0.25, 0.3) is 0 Å². The van der Waals surface area contributed by atoms with Crippen LogP contribution in [0.3, 0.4) is 0 Å². The van der Waals surface area contributed by atoms with Gasteiger partial charge in [-0.25, -0.2) is 9.18 Å². The molecule has 0 radical (unpaired) electrons. The summed E-state index contributed by atoms with van der Waals surface area (Å²) in [6, 6.07) is 3.22. The molecule has 0 aliphatic rings. The number of alkyl halides is 1. The van der Waals surface area contributed by atoms with Crippen LogP contribution in [0.1, 0.15) is 103 Å². The Hall–Kier alpha value is -3.43. The number of hydrogen-bond donors (Lipinski definition) is 2. The molecule has 1 heterocycles. The number of nitrogens with one attached hydrogen (secondary N) is 1. The van der Waals surface area contributed by atoms with Gasteiger partial charge in [-0.1, -0.05) is 68.2 Å². The number of carbonyl (C=O) groups is 3. The number of halogens is 1. The lowest BCUT2D eigenvalue weighted by Crippen LogP contribution is -2.30. The molecular formula is C30H44FN3O6. The minimum atomic E-state index is -1.53. The molecule has 222 valence electrons. The van der Waals surface area contributed by atoms with E-state index in [0.29, 0.717) is 24.0 Å². The molecule has 40 heavy (non-hydrogen) atoms. The predicted octanol–water partition coefficient (Wildman–Crippen LogP) is 6.09. The van der Waals surface area contributed by atoms with Gasteiger partial charge < -0.3 is 24.1 Å². The van der Waals surface area contributed by atoms with E-state index in [1.807, 2.05) is 55.4 Å². The van der Waals surface area contributed by atoms with Crippen LogP contribution in [0, 0.1) is 5.92 Å². The number of hydrogen-bond acceptors (Lipinski definition) is 6. The van der Waals surface area contributed by atoms with E-state index in [1.54, 1.807) is 18.3 Å². The van der Waals surface area contributed by atoms with Gasteiger partial charge in [0.05, 0.1) is 13.0 Å². The molecule has 2 rings (SSSR count). The Bertz CT molecular complexity index is 1230. The van der Waals surface area contributed by atoms with Crippen molar-refractivity contribution in [3.8, 4) is 5.75 Å². The van der Waals surface area contributed by atoms with E-state index >= 15 is 0 Å². The number of nitrogens with zero attached hydrogens (tertiary/aromatic N) is 2. The Kier molecular flexibility index (Phi) is 10.9. The monoisotopic (exact) mass is 561 g/mol. The van der Waals surface area contributed by atoms with Gasteiger partial charge in [0.15, 0.2) is 5.78 Å². The molecule has 0 saturated heterocycles. The fraction of sp³-hybridized carbons (Fsp3) is 0.600. The second-order valence-corrected chi connectivity index (χ2v) is 12.1. The molecule has 0 spiro atoms. The Morgan fingerprint density at radius 3 is 2.05 bits per heavy atom. The number of Topliss-reactive ketones (excluding diaryl/α,β-unsaturated/α-hetero) is 1. The zero-order valence-electron chi connectivity index (χ0n) is 25.1. The Morgan fingerprint density at radius 1 is 1.02 bits per heavy atom. The maximum absolute atomic E-state index is 14.7. The smallest absolute Gasteiger partial charge is 0.439 e. The third-order valence-corrected chi connectivity index (χ3v) is 6.80. The molecule has 1 aromatic heterocycles. The molecule has 1 aromatic carbocycles. The number of ether oxygens (including phenoxy) is 2. The van der Waals surface area contributed by atoms with Crippen molar-refractivity contribution < 1.29 is 33.4 Å². The van der Waals surface area contributed by atoms with Gasteiger partial charge >= 0.3 is 12.1 Å². The number of carbonyl (C=O) groups excluding carboxylic acids is 3. The number of rotatable bonds is 10. The highest BCUT2D eigenvalue weighted by molar-refractivity contribution is 5.97. The van der Waals surface area contributed by atoms with Crippen LogP contribution in [0.15, 0.2) is 29.5 Å². The van der Waals surface area contributed by atoms with E-state index < -0.39 is 47.6 Å². The highest BCUT2D eigenvalue weighted by Gasteiger charge is 2.29. The molecule has 9 nitrogen and oxygen atoms in total. The minimum Gasteiger partial charge on any atom is -0.507 e. The van der Waals surface area contributed by atoms with E-state index in [2.05, 4.69) is 9.98 Å². The number of phenolic OH excluding ortho intramolecular Hbond substituents is 1. The molecule has 0 fully saturated rings. The molecule has 1 amide bonds. The van der Waals surface area contributed by atoms with Gasteiger partial charge in [-0.15, -0.1) is 4.99 Å². The standard InChI is InChI=1S/C30H44FN3O6/c1-10-19(11-2)23(31)17-34-13-12-32-27(34)33-28(38)40-25(39-18(3)35)16-24(36)20-14-21(29(4,5)6)26(37)22(15-20)30(7,8)9/h12-15,19,23,25,37H,10-11,16-17H2,1-9H3,(H,32,33,38). The summed E-state index contributed by atoms with van der Waals surface area (Å²) in [5.41, 5.74) is 0.619. The number of imidazole rings is 1. The second-order valence-electron chi connectivity index (χ2n) is 12.1. The van der Waals surface area contributed by atoms with Crippen LogP contribution in [0.4, 0.5) is 9.18 Å². The van der Waals surface area contributed by atoms with Gasteiger partial charge in [-0.05, 0) is 28.9 Å². The highest BCUT2D eigenvalue weighted by Crippen LogP contribution is 2.40. The summed E-state index contributed by atoms with van der Waals surface area (Å²) >= 11 is 0. The van der Waals surface area contributed by atoms with E-state index in [4.69, 9.17) is 9.47 Å². The molecule has 10 heteroatoms. The summed E-state index contributed by atoms with van der Waals surface area (Å²) in [5.74, 6) is -1.20. The summed E-state index contributed by atoms with van der Waals surface area (Å²) in [4.78, 5) is 44.4. The second kappa shape index (κ2) is 13.3. The van der Waals surface area contributed by atoms with Crippen molar-refractivity contribution in [1.29, 1.82) is 0 Å². The van der Waals surface area contributed by atoms with Crippen molar-refractivity contribution in [3.05, 3.63) is 46.8 Å². The SMILES string of the molecule is CCC(CC)C(F)Cn1cc[nH]c1=NC(=O)OC(CC(=O)c1cc(C(C)(C)C)c(O)c(C(C)(C)C)c1)OC(C)=O. The molecule has 2 aromatic rings. The van der Waals surface area contributed by atoms with Gasteiger partial charge in [0.2, 0.25) is 5.62 Å². The van der Waals surface area contributed by atoms with Crippen LogP contribution in [-0.2, 0) is 31.6 Å². The fourth-order valence-corrected chi connectivity index (χ4v) is 4.46. The molecule has 0 saturated carbocycles. The number of H-pyrrole nitrogens is 1. The van der Waals surface area contributed by atoms with Crippen molar-refractivity contribution in [1.82, 2.24) is 9.55 Å². The molecule has 0 aliphatic heterocycles. The first kappa shape index (κ1) is 32.8. The molecule has 0 aliphatic carbocycles. The van der Waals surface area contributed by atoms with Crippen molar-refractivity contribution in [2.45, 2.75) is 111 Å². The van der Waals surface area contributed by atoms with Crippen molar-refractivity contribution >= 4 is 17.8 Å². The van der Waals surface area contributed by atoms with Crippen LogP contribution in [0.5, 0.6) is 5.75 Å². The van der Waals surface area contributed by atoms with E-state index in [0.717, 1.165) is 6.92 Å². The van der Waals surface area contributed by atoms with E-state index in [9.17, 15) is 23.9 Å². The summed E-state index contributed by atoms with van der Waals surface area (Å²) in [7, 11) is 0. The number of aromatic hydroxyl groups is 1. The lowest BCUT2D eigenvalue weighted by molar-refractivity contribution is -0.163. The molecule has 2 N–H and O–H groups in total. The summed E-state index contributed by atoms with van der Waals surface area (Å²) in [6.45, 7) is 16.5.